The summed E-state index contributed by atoms with van der Waals surface area (Å²) in [6.07, 6.45) is 3.88. The molecule has 130 valence electrons. The number of nitrogens with zero attached hydrogens (tertiary/aromatic N) is 1. The van der Waals surface area contributed by atoms with Crippen LogP contribution in [0.5, 0.6) is 0 Å². The van der Waals surface area contributed by atoms with Crippen molar-refractivity contribution < 1.29 is 8.42 Å². The Labute approximate surface area is 156 Å². The van der Waals surface area contributed by atoms with E-state index in [1.54, 1.807) is 0 Å². The monoisotopic (exact) mass is 451 g/mol. The van der Waals surface area contributed by atoms with Gasteiger partial charge in [-0.1, -0.05) is 24.3 Å². The third-order valence-corrected chi connectivity index (χ3v) is 4.33. The summed E-state index contributed by atoms with van der Waals surface area (Å²) in [5.74, 6) is 1.73. The highest BCUT2D eigenvalue weighted by molar-refractivity contribution is 14.0. The van der Waals surface area contributed by atoms with Crippen LogP contribution in [0.25, 0.3) is 0 Å². The fourth-order valence-corrected chi connectivity index (χ4v) is 2.92. The number of nitrogens with one attached hydrogen (secondary N) is 2. The van der Waals surface area contributed by atoms with Crippen molar-refractivity contribution in [3.63, 3.8) is 0 Å². The lowest BCUT2D eigenvalue weighted by Gasteiger charge is -2.10. The zero-order valence-corrected chi connectivity index (χ0v) is 16.9. The maximum atomic E-state index is 11.3. The molecule has 0 aliphatic heterocycles. The molecule has 23 heavy (non-hydrogen) atoms. The van der Waals surface area contributed by atoms with E-state index in [1.807, 2.05) is 31.2 Å². The number of hydrogen-bond donors (Lipinski definition) is 2. The lowest BCUT2D eigenvalue weighted by atomic mass is 10.1. The molecule has 5 nitrogen and oxygen atoms in total. The molecular formula is C16H26IN3O2S. The molecule has 2 rings (SSSR count). The van der Waals surface area contributed by atoms with Gasteiger partial charge < -0.3 is 10.6 Å². The molecule has 0 atom stereocenters. The van der Waals surface area contributed by atoms with Crippen molar-refractivity contribution in [2.45, 2.75) is 32.1 Å². The largest absolute Gasteiger partial charge is 0.357 e. The van der Waals surface area contributed by atoms with Crippen LogP contribution < -0.4 is 10.6 Å². The fourth-order valence-electron chi connectivity index (χ4n) is 2.12. The van der Waals surface area contributed by atoms with E-state index >= 15 is 0 Å². The molecule has 0 bridgehead atoms. The average Bonchev–Trinajstić information content (AvgIpc) is 3.26. The summed E-state index contributed by atoms with van der Waals surface area (Å²) in [7, 11) is -2.98. The van der Waals surface area contributed by atoms with Crippen molar-refractivity contribution in [2.24, 2.45) is 10.9 Å². The standard InChI is InChI=1S/C16H25N3O2S.HI/c1-3-17-16(18-10-13-4-5-13)19-11-14-6-8-15(9-7-14)12-22(2,20)21;/h6-9,13H,3-5,10-12H2,1-2H3,(H2,17,18,19);1H. The number of hydrogen-bond acceptors (Lipinski definition) is 3. The first-order chi connectivity index (χ1) is 10.5. The maximum absolute atomic E-state index is 11.3. The Morgan fingerprint density at radius 3 is 2.30 bits per heavy atom. The molecule has 0 radical (unpaired) electrons. The first-order valence-corrected chi connectivity index (χ1v) is 9.80. The lowest BCUT2D eigenvalue weighted by molar-refractivity contribution is 0.601. The van der Waals surface area contributed by atoms with Gasteiger partial charge in [0, 0.05) is 19.3 Å². The van der Waals surface area contributed by atoms with Gasteiger partial charge in [-0.15, -0.1) is 24.0 Å². The third-order valence-electron chi connectivity index (χ3n) is 3.47. The van der Waals surface area contributed by atoms with Gasteiger partial charge in [0.05, 0.1) is 12.3 Å². The number of sulfone groups is 1. The smallest absolute Gasteiger partial charge is 0.191 e. The molecule has 1 aromatic carbocycles. The van der Waals surface area contributed by atoms with Gasteiger partial charge in [0.2, 0.25) is 0 Å². The molecule has 0 unspecified atom stereocenters. The lowest BCUT2D eigenvalue weighted by Crippen LogP contribution is -2.38. The first kappa shape index (κ1) is 20.2. The van der Waals surface area contributed by atoms with Gasteiger partial charge in [-0.25, -0.2) is 13.4 Å². The highest BCUT2D eigenvalue weighted by Gasteiger charge is 2.20. The van der Waals surface area contributed by atoms with E-state index in [0.29, 0.717) is 6.54 Å². The molecule has 0 aromatic heterocycles. The highest BCUT2D eigenvalue weighted by atomic mass is 127. The molecule has 0 spiro atoms. The maximum Gasteiger partial charge on any atom is 0.191 e. The normalized spacial score (nSPS) is 15.0. The van der Waals surface area contributed by atoms with Crippen LogP contribution in [0.15, 0.2) is 29.3 Å². The first-order valence-electron chi connectivity index (χ1n) is 7.74. The third kappa shape index (κ3) is 8.55. The van der Waals surface area contributed by atoms with E-state index in [1.165, 1.54) is 19.1 Å². The van der Waals surface area contributed by atoms with Crippen molar-refractivity contribution in [2.75, 3.05) is 19.3 Å². The van der Waals surface area contributed by atoms with E-state index in [4.69, 9.17) is 0 Å². The van der Waals surface area contributed by atoms with Gasteiger partial charge in [-0.2, -0.15) is 0 Å². The molecule has 7 heteroatoms. The van der Waals surface area contributed by atoms with Crippen LogP contribution in [0.1, 0.15) is 30.9 Å². The van der Waals surface area contributed by atoms with E-state index in [0.717, 1.165) is 36.1 Å². The zero-order valence-electron chi connectivity index (χ0n) is 13.7. The second-order valence-corrected chi connectivity index (χ2v) is 8.05. The minimum atomic E-state index is -2.98. The minimum absolute atomic E-state index is 0. The number of aliphatic imine (C=N–C) groups is 1. The molecule has 0 heterocycles. The Morgan fingerprint density at radius 1 is 1.17 bits per heavy atom. The summed E-state index contributed by atoms with van der Waals surface area (Å²) >= 11 is 0. The van der Waals surface area contributed by atoms with Crippen LogP contribution in [0.2, 0.25) is 0 Å². The molecule has 1 fully saturated rings. The molecule has 1 saturated carbocycles. The summed E-state index contributed by atoms with van der Waals surface area (Å²) in [6, 6.07) is 7.59. The van der Waals surface area contributed by atoms with Gasteiger partial charge in [0.25, 0.3) is 0 Å². The van der Waals surface area contributed by atoms with E-state index in [9.17, 15) is 8.42 Å². The Kier molecular flexibility index (Phi) is 8.32. The zero-order chi connectivity index (χ0) is 16.0. The van der Waals surface area contributed by atoms with E-state index < -0.39 is 9.84 Å². The van der Waals surface area contributed by atoms with Crippen molar-refractivity contribution in [1.29, 1.82) is 0 Å². The SMILES string of the molecule is CCNC(=NCc1ccc(CS(C)(=O)=O)cc1)NCC1CC1.I. The molecule has 0 saturated heterocycles. The Hall–Kier alpha value is -0.830. The van der Waals surface area contributed by atoms with Crippen LogP contribution >= 0.6 is 24.0 Å². The van der Waals surface area contributed by atoms with Gasteiger partial charge >= 0.3 is 0 Å². The van der Waals surface area contributed by atoms with Crippen LogP contribution in [-0.2, 0) is 22.1 Å². The topological polar surface area (TPSA) is 70.6 Å². The average molecular weight is 451 g/mol. The summed E-state index contributed by atoms with van der Waals surface area (Å²) in [5.41, 5.74) is 1.88. The molecule has 1 aromatic rings. The molecule has 1 aliphatic carbocycles. The van der Waals surface area contributed by atoms with Crippen molar-refractivity contribution in [3.8, 4) is 0 Å². The van der Waals surface area contributed by atoms with Crippen LogP contribution in [0, 0.1) is 5.92 Å². The molecule has 2 N–H and O–H groups in total. The van der Waals surface area contributed by atoms with Crippen LogP contribution in [0.4, 0.5) is 0 Å². The quantitative estimate of drug-likeness (QED) is 0.379. The van der Waals surface area contributed by atoms with Crippen LogP contribution in [-0.4, -0.2) is 33.7 Å². The summed E-state index contributed by atoms with van der Waals surface area (Å²) in [6.45, 7) is 4.45. The Morgan fingerprint density at radius 2 is 1.78 bits per heavy atom. The number of guanidine groups is 1. The van der Waals surface area contributed by atoms with Gasteiger partial charge in [-0.3, -0.25) is 0 Å². The fraction of sp³-hybridized carbons (Fsp3) is 0.562. The van der Waals surface area contributed by atoms with Gasteiger partial charge in [-0.05, 0) is 36.8 Å². The minimum Gasteiger partial charge on any atom is -0.357 e. The van der Waals surface area contributed by atoms with Crippen LogP contribution in [0.3, 0.4) is 0 Å². The van der Waals surface area contributed by atoms with Gasteiger partial charge in [0.1, 0.15) is 0 Å². The second-order valence-electron chi connectivity index (χ2n) is 5.91. The molecular weight excluding hydrogens is 425 g/mol. The van der Waals surface area contributed by atoms with Crippen molar-refractivity contribution in [1.82, 2.24) is 10.6 Å². The second kappa shape index (κ2) is 9.46. The number of rotatable bonds is 7. The number of halogens is 1. The predicted molar refractivity (Wildman–Crippen MR) is 106 cm³/mol. The van der Waals surface area contributed by atoms with Crippen molar-refractivity contribution in [3.05, 3.63) is 35.4 Å². The van der Waals surface area contributed by atoms with E-state index in [-0.39, 0.29) is 29.7 Å². The summed E-state index contributed by atoms with van der Waals surface area (Å²) in [5, 5.41) is 6.59. The Balaban J connectivity index is 0.00000264. The van der Waals surface area contributed by atoms with E-state index in [2.05, 4.69) is 15.6 Å². The summed E-state index contributed by atoms with van der Waals surface area (Å²) < 4.78 is 22.5. The van der Waals surface area contributed by atoms with Crippen molar-refractivity contribution >= 4 is 39.8 Å². The number of benzene rings is 1. The highest BCUT2D eigenvalue weighted by Crippen LogP contribution is 2.27. The Bertz CT molecular complexity index is 611. The molecule has 1 aliphatic rings. The predicted octanol–water partition coefficient (Wildman–Crippen LogP) is 2.31. The molecule has 0 amide bonds. The summed E-state index contributed by atoms with van der Waals surface area (Å²) in [4.78, 5) is 4.56. The van der Waals surface area contributed by atoms with Gasteiger partial charge in [0.15, 0.2) is 15.8 Å².